The number of likely N-dealkylation sites (tertiary alicyclic amines) is 2. The number of carbonyl (C=O) groups excluding carboxylic acids is 2. The Labute approximate surface area is 144 Å². The Morgan fingerprint density at radius 1 is 1.12 bits per heavy atom. The number of amides is 2. The van der Waals surface area contributed by atoms with Gasteiger partial charge in [-0.3, -0.25) is 4.79 Å². The number of hydrogen-bond donors (Lipinski definition) is 0. The topological polar surface area (TPSA) is 59.1 Å². The molecule has 2 unspecified atom stereocenters. The summed E-state index contributed by atoms with van der Waals surface area (Å²) in [6.07, 6.45) is 6.17. The first kappa shape index (κ1) is 18.8. The van der Waals surface area contributed by atoms with Crippen LogP contribution in [0, 0.1) is 0 Å². The molecule has 2 rings (SSSR count). The molecule has 0 radical (unpaired) electrons. The molecule has 2 saturated heterocycles. The number of ether oxygens (including phenoxy) is 2. The Morgan fingerprint density at radius 3 is 2.38 bits per heavy atom. The van der Waals surface area contributed by atoms with Crippen LogP contribution in [-0.4, -0.2) is 65.8 Å². The van der Waals surface area contributed by atoms with E-state index in [0.29, 0.717) is 19.7 Å². The van der Waals surface area contributed by atoms with Crippen molar-refractivity contribution in [2.24, 2.45) is 0 Å². The zero-order valence-electron chi connectivity index (χ0n) is 15.3. The van der Waals surface area contributed by atoms with E-state index in [2.05, 4.69) is 0 Å². The summed E-state index contributed by atoms with van der Waals surface area (Å²) in [5.74, 6) is 0.0222. The molecule has 0 spiro atoms. The number of carbonyl (C=O) groups is 2. The number of rotatable bonds is 5. The van der Waals surface area contributed by atoms with E-state index in [0.717, 1.165) is 19.3 Å². The Hall–Kier alpha value is -1.56. The maximum absolute atomic E-state index is 12.4. The average molecular weight is 338 g/mol. The van der Waals surface area contributed by atoms with Crippen molar-refractivity contribution >= 4 is 12.0 Å². The van der Waals surface area contributed by atoms with Gasteiger partial charge >= 0.3 is 6.09 Å². The number of hydrogen-bond acceptors (Lipinski definition) is 4. The van der Waals surface area contributed by atoms with Crippen LogP contribution < -0.4 is 0 Å². The van der Waals surface area contributed by atoms with Gasteiger partial charge in [0.25, 0.3) is 0 Å². The van der Waals surface area contributed by atoms with Crippen LogP contribution in [0.15, 0.2) is 12.2 Å². The molecule has 0 aliphatic carbocycles. The van der Waals surface area contributed by atoms with E-state index in [4.69, 9.17) is 9.47 Å². The van der Waals surface area contributed by atoms with E-state index in [9.17, 15) is 9.59 Å². The third kappa shape index (κ3) is 4.72. The quantitative estimate of drug-likeness (QED) is 0.571. The molecule has 0 aromatic heterocycles. The minimum absolute atomic E-state index is 0.0222. The van der Waals surface area contributed by atoms with Gasteiger partial charge in [-0.25, -0.2) is 4.79 Å². The lowest BCUT2D eigenvalue weighted by atomic mass is 10.1. The molecule has 0 aromatic carbocycles. The Balaban J connectivity index is 1.84. The van der Waals surface area contributed by atoms with Crippen LogP contribution in [-0.2, 0) is 14.3 Å². The highest BCUT2D eigenvalue weighted by molar-refractivity contribution is 5.79. The monoisotopic (exact) mass is 338 g/mol. The summed E-state index contributed by atoms with van der Waals surface area (Å²) in [7, 11) is 0. The molecule has 2 aliphatic rings. The zero-order valence-corrected chi connectivity index (χ0v) is 15.3. The van der Waals surface area contributed by atoms with E-state index >= 15 is 0 Å². The van der Waals surface area contributed by atoms with Gasteiger partial charge in [0.15, 0.2) is 0 Å². The Kier molecular flexibility index (Phi) is 6.27. The molecule has 24 heavy (non-hydrogen) atoms. The van der Waals surface area contributed by atoms with Gasteiger partial charge in [0.1, 0.15) is 12.2 Å². The molecule has 0 N–H and O–H groups in total. The lowest BCUT2D eigenvalue weighted by molar-refractivity contribution is -0.136. The summed E-state index contributed by atoms with van der Waals surface area (Å²) in [6, 6.07) is 0.177. The highest BCUT2D eigenvalue weighted by Crippen LogP contribution is 2.32. The fraction of sp³-hybridized carbons (Fsp3) is 0.778. The smallest absolute Gasteiger partial charge is 0.410 e. The van der Waals surface area contributed by atoms with Gasteiger partial charge in [0.2, 0.25) is 5.91 Å². The van der Waals surface area contributed by atoms with Crippen molar-refractivity contribution in [3.63, 3.8) is 0 Å². The summed E-state index contributed by atoms with van der Waals surface area (Å²) in [4.78, 5) is 28.4. The highest BCUT2D eigenvalue weighted by Gasteiger charge is 2.47. The number of fused-ring (bicyclic) bond motifs is 1. The minimum atomic E-state index is -0.496. The average Bonchev–Trinajstić information content (AvgIpc) is 3.06. The van der Waals surface area contributed by atoms with Crippen LogP contribution >= 0.6 is 0 Å². The first-order valence-corrected chi connectivity index (χ1v) is 8.81. The minimum Gasteiger partial charge on any atom is -0.444 e. The van der Waals surface area contributed by atoms with Crippen molar-refractivity contribution in [2.45, 2.75) is 64.6 Å². The third-order valence-electron chi connectivity index (χ3n) is 4.41. The molecule has 2 fully saturated rings. The van der Waals surface area contributed by atoms with Gasteiger partial charge in [-0.05, 0) is 47.0 Å². The Bertz CT molecular complexity index is 484. The molecule has 0 saturated carbocycles. The van der Waals surface area contributed by atoms with Crippen molar-refractivity contribution in [1.82, 2.24) is 9.80 Å². The molecular weight excluding hydrogens is 308 g/mol. The highest BCUT2D eigenvalue weighted by atomic mass is 16.6. The van der Waals surface area contributed by atoms with Gasteiger partial charge in [0, 0.05) is 13.1 Å². The maximum Gasteiger partial charge on any atom is 0.410 e. The van der Waals surface area contributed by atoms with Crippen LogP contribution in [0.2, 0.25) is 0 Å². The Morgan fingerprint density at radius 2 is 1.75 bits per heavy atom. The maximum atomic E-state index is 12.4. The van der Waals surface area contributed by atoms with Crippen LogP contribution in [0.4, 0.5) is 4.79 Å². The van der Waals surface area contributed by atoms with Gasteiger partial charge in [0.05, 0.1) is 18.7 Å². The predicted octanol–water partition coefficient (Wildman–Crippen LogP) is 2.58. The molecule has 136 valence electrons. The third-order valence-corrected chi connectivity index (χ3v) is 4.41. The second kappa shape index (κ2) is 8.01. The fourth-order valence-corrected chi connectivity index (χ4v) is 3.40. The van der Waals surface area contributed by atoms with Crippen molar-refractivity contribution < 1.29 is 19.1 Å². The summed E-state index contributed by atoms with van der Waals surface area (Å²) < 4.78 is 10.9. The lowest BCUT2D eigenvalue weighted by Crippen LogP contribution is -2.44. The molecule has 2 amide bonds. The molecule has 6 heteroatoms. The SMILES string of the molecule is CC=CCCOCC(=O)N1CCC2C1CCN2C(=O)OC(C)(C)C. The summed E-state index contributed by atoms with van der Waals surface area (Å²) >= 11 is 0. The molecule has 2 aliphatic heterocycles. The van der Waals surface area contributed by atoms with Crippen LogP contribution in [0.5, 0.6) is 0 Å². The van der Waals surface area contributed by atoms with E-state index < -0.39 is 5.60 Å². The van der Waals surface area contributed by atoms with Crippen molar-refractivity contribution in [3.8, 4) is 0 Å². The molecule has 6 nitrogen and oxygen atoms in total. The largest absolute Gasteiger partial charge is 0.444 e. The van der Waals surface area contributed by atoms with E-state index in [1.54, 1.807) is 4.90 Å². The zero-order chi connectivity index (χ0) is 17.7. The van der Waals surface area contributed by atoms with Crippen molar-refractivity contribution in [2.75, 3.05) is 26.3 Å². The molecular formula is C18H30N2O4. The molecule has 0 aromatic rings. The fourth-order valence-electron chi connectivity index (χ4n) is 3.40. The van der Waals surface area contributed by atoms with E-state index in [1.807, 2.05) is 44.7 Å². The van der Waals surface area contributed by atoms with Crippen LogP contribution in [0.1, 0.15) is 47.0 Å². The van der Waals surface area contributed by atoms with Gasteiger partial charge in [-0.2, -0.15) is 0 Å². The van der Waals surface area contributed by atoms with Gasteiger partial charge < -0.3 is 19.3 Å². The number of allylic oxidation sites excluding steroid dienone is 1. The second-order valence-corrected chi connectivity index (χ2v) is 7.38. The standard InChI is InChI=1S/C18H30N2O4/c1-5-6-7-12-23-13-16(21)19-10-8-15-14(19)9-11-20(15)17(22)24-18(2,3)4/h5-6,14-15H,7-13H2,1-4H3. The van der Waals surface area contributed by atoms with Crippen LogP contribution in [0.3, 0.4) is 0 Å². The van der Waals surface area contributed by atoms with E-state index in [-0.39, 0.29) is 30.7 Å². The first-order valence-electron chi connectivity index (χ1n) is 8.81. The first-order chi connectivity index (χ1) is 11.3. The lowest BCUT2D eigenvalue weighted by Gasteiger charge is -2.28. The van der Waals surface area contributed by atoms with Gasteiger partial charge in [-0.15, -0.1) is 0 Å². The number of nitrogens with zero attached hydrogens (tertiary/aromatic N) is 2. The van der Waals surface area contributed by atoms with E-state index in [1.165, 1.54) is 0 Å². The summed E-state index contributed by atoms with van der Waals surface area (Å²) in [5.41, 5.74) is -0.496. The van der Waals surface area contributed by atoms with Gasteiger partial charge in [-0.1, -0.05) is 12.2 Å². The summed E-state index contributed by atoms with van der Waals surface area (Å²) in [6.45, 7) is 9.58. The second-order valence-electron chi connectivity index (χ2n) is 7.38. The predicted molar refractivity (Wildman–Crippen MR) is 91.7 cm³/mol. The summed E-state index contributed by atoms with van der Waals surface area (Å²) in [5, 5.41) is 0. The van der Waals surface area contributed by atoms with Crippen molar-refractivity contribution in [3.05, 3.63) is 12.2 Å². The molecule has 2 atom stereocenters. The molecule has 0 bridgehead atoms. The van der Waals surface area contributed by atoms with Crippen LogP contribution in [0.25, 0.3) is 0 Å². The molecule has 2 heterocycles. The van der Waals surface area contributed by atoms with Crippen molar-refractivity contribution in [1.29, 1.82) is 0 Å². The normalized spacial score (nSPS) is 23.8.